The number of rotatable bonds is 3. The van der Waals surface area contributed by atoms with E-state index in [0.717, 1.165) is 11.1 Å². The summed E-state index contributed by atoms with van der Waals surface area (Å²) in [7, 11) is 0. The van der Waals surface area contributed by atoms with Crippen molar-refractivity contribution < 1.29 is 9.90 Å². The van der Waals surface area contributed by atoms with Gasteiger partial charge in [-0.05, 0) is 35.8 Å². The molecule has 0 atom stereocenters. The molecular formula is C16H13ClO2. The Balaban J connectivity index is 2.63. The summed E-state index contributed by atoms with van der Waals surface area (Å²) in [5.41, 5.74) is 2.75. The second kappa shape index (κ2) is 5.72. The smallest absolute Gasteiger partial charge is 0.331 e. The highest BCUT2D eigenvalue weighted by Crippen LogP contribution is 2.27. The van der Waals surface area contributed by atoms with Gasteiger partial charge in [0.1, 0.15) is 0 Å². The van der Waals surface area contributed by atoms with Gasteiger partial charge in [-0.15, -0.1) is 0 Å². The molecule has 0 aromatic heterocycles. The summed E-state index contributed by atoms with van der Waals surface area (Å²) in [6.45, 7) is 1.61. The van der Waals surface area contributed by atoms with Crippen molar-refractivity contribution in [2.24, 2.45) is 0 Å². The van der Waals surface area contributed by atoms with E-state index in [1.807, 2.05) is 42.5 Å². The maximum absolute atomic E-state index is 11.3. The van der Waals surface area contributed by atoms with Crippen LogP contribution in [0.15, 0.2) is 60.2 Å². The van der Waals surface area contributed by atoms with Gasteiger partial charge in [0.25, 0.3) is 0 Å². The lowest BCUT2D eigenvalue weighted by Crippen LogP contribution is -2.02. The van der Waals surface area contributed by atoms with Crippen LogP contribution in [0.1, 0.15) is 18.1 Å². The summed E-state index contributed by atoms with van der Waals surface area (Å²) in [5.74, 6) is -0.922. The number of aliphatic carboxylic acids is 1. The molecule has 0 spiro atoms. The molecule has 19 heavy (non-hydrogen) atoms. The Morgan fingerprint density at radius 2 is 1.47 bits per heavy atom. The highest BCUT2D eigenvalue weighted by Gasteiger charge is 2.13. The van der Waals surface area contributed by atoms with E-state index in [-0.39, 0.29) is 0 Å². The van der Waals surface area contributed by atoms with Gasteiger partial charge >= 0.3 is 5.97 Å². The molecule has 2 aromatic carbocycles. The maximum Gasteiger partial charge on any atom is 0.331 e. The molecule has 0 bridgehead atoms. The Labute approximate surface area is 117 Å². The maximum atomic E-state index is 11.3. The standard InChI is InChI=1S/C16H13ClO2/c1-11(16(18)19)15(12-5-3-2-4-6-12)13-7-9-14(17)10-8-13/h2-10H,1H3,(H,18,19). The van der Waals surface area contributed by atoms with Crippen LogP contribution >= 0.6 is 11.6 Å². The number of hydrogen-bond acceptors (Lipinski definition) is 1. The van der Waals surface area contributed by atoms with Crippen LogP contribution in [0.5, 0.6) is 0 Å². The molecule has 3 heteroatoms. The van der Waals surface area contributed by atoms with Gasteiger partial charge in [0, 0.05) is 10.6 Å². The van der Waals surface area contributed by atoms with Crippen molar-refractivity contribution in [3.05, 3.63) is 76.3 Å². The second-order valence-corrected chi connectivity index (χ2v) is 4.61. The van der Waals surface area contributed by atoms with Crippen LogP contribution in [-0.2, 0) is 4.79 Å². The predicted molar refractivity (Wildman–Crippen MR) is 77.2 cm³/mol. The van der Waals surface area contributed by atoms with E-state index in [9.17, 15) is 9.90 Å². The van der Waals surface area contributed by atoms with Crippen molar-refractivity contribution in [2.75, 3.05) is 0 Å². The molecule has 0 aliphatic rings. The lowest BCUT2D eigenvalue weighted by Gasteiger charge is -2.11. The number of carboxylic acid groups (broad SMARTS) is 1. The number of carbonyl (C=O) groups is 1. The lowest BCUT2D eigenvalue weighted by atomic mass is 9.94. The molecule has 2 nitrogen and oxygen atoms in total. The Bertz CT molecular complexity index is 613. The Hall–Kier alpha value is -2.06. The zero-order valence-electron chi connectivity index (χ0n) is 10.4. The Morgan fingerprint density at radius 3 is 2.00 bits per heavy atom. The van der Waals surface area contributed by atoms with Gasteiger partial charge in [-0.3, -0.25) is 0 Å². The van der Waals surface area contributed by atoms with E-state index in [4.69, 9.17) is 11.6 Å². The van der Waals surface area contributed by atoms with Gasteiger partial charge in [0.2, 0.25) is 0 Å². The summed E-state index contributed by atoms with van der Waals surface area (Å²) in [6, 6.07) is 16.7. The van der Waals surface area contributed by atoms with Crippen LogP contribution in [-0.4, -0.2) is 11.1 Å². The Kier molecular flexibility index (Phi) is 4.03. The third kappa shape index (κ3) is 3.04. The Morgan fingerprint density at radius 1 is 0.947 bits per heavy atom. The molecule has 0 saturated heterocycles. The molecule has 0 aliphatic heterocycles. The van der Waals surface area contributed by atoms with Crippen LogP contribution in [0.2, 0.25) is 5.02 Å². The van der Waals surface area contributed by atoms with E-state index >= 15 is 0 Å². The highest BCUT2D eigenvalue weighted by atomic mass is 35.5. The molecule has 96 valence electrons. The van der Waals surface area contributed by atoms with E-state index in [2.05, 4.69) is 0 Å². The molecule has 0 amide bonds. The highest BCUT2D eigenvalue weighted by molar-refractivity contribution is 6.30. The summed E-state index contributed by atoms with van der Waals surface area (Å²) in [5, 5.41) is 9.87. The van der Waals surface area contributed by atoms with E-state index in [1.54, 1.807) is 19.1 Å². The average molecular weight is 273 g/mol. The summed E-state index contributed by atoms with van der Waals surface area (Å²) < 4.78 is 0. The van der Waals surface area contributed by atoms with Crippen LogP contribution < -0.4 is 0 Å². The summed E-state index contributed by atoms with van der Waals surface area (Å²) >= 11 is 5.87. The molecule has 0 aliphatic carbocycles. The average Bonchev–Trinajstić information content (AvgIpc) is 2.42. The molecule has 1 N–H and O–H groups in total. The first-order chi connectivity index (χ1) is 9.09. The fourth-order valence-corrected chi connectivity index (χ4v) is 2.05. The molecule has 0 saturated carbocycles. The fraction of sp³-hybridized carbons (Fsp3) is 0.0625. The molecular weight excluding hydrogens is 260 g/mol. The van der Waals surface area contributed by atoms with E-state index in [0.29, 0.717) is 16.2 Å². The first kappa shape index (κ1) is 13.4. The molecule has 0 fully saturated rings. The van der Waals surface area contributed by atoms with Crippen LogP contribution in [0.25, 0.3) is 5.57 Å². The third-order valence-corrected chi connectivity index (χ3v) is 3.14. The first-order valence-corrected chi connectivity index (χ1v) is 6.23. The first-order valence-electron chi connectivity index (χ1n) is 5.85. The van der Waals surface area contributed by atoms with Crippen LogP contribution in [0.4, 0.5) is 0 Å². The molecule has 0 radical (unpaired) electrons. The minimum Gasteiger partial charge on any atom is -0.478 e. The monoisotopic (exact) mass is 272 g/mol. The zero-order chi connectivity index (χ0) is 13.8. The van der Waals surface area contributed by atoms with E-state index in [1.165, 1.54) is 0 Å². The van der Waals surface area contributed by atoms with Crippen molar-refractivity contribution in [1.82, 2.24) is 0 Å². The fourth-order valence-electron chi connectivity index (χ4n) is 1.93. The topological polar surface area (TPSA) is 37.3 Å². The second-order valence-electron chi connectivity index (χ2n) is 4.18. The lowest BCUT2D eigenvalue weighted by molar-refractivity contribution is -0.132. The van der Waals surface area contributed by atoms with Gasteiger partial charge in [-0.2, -0.15) is 0 Å². The quantitative estimate of drug-likeness (QED) is 0.848. The van der Waals surface area contributed by atoms with E-state index < -0.39 is 5.97 Å². The largest absolute Gasteiger partial charge is 0.478 e. The van der Waals surface area contributed by atoms with Crippen LogP contribution in [0, 0.1) is 0 Å². The van der Waals surface area contributed by atoms with Gasteiger partial charge in [0.15, 0.2) is 0 Å². The minimum atomic E-state index is -0.922. The summed E-state index contributed by atoms with van der Waals surface area (Å²) in [4.78, 5) is 11.3. The summed E-state index contributed by atoms with van der Waals surface area (Å²) in [6.07, 6.45) is 0. The number of hydrogen-bond donors (Lipinski definition) is 1. The molecule has 0 heterocycles. The molecule has 2 rings (SSSR count). The van der Waals surface area contributed by atoms with Crippen molar-refractivity contribution in [3.63, 3.8) is 0 Å². The minimum absolute atomic E-state index is 0.313. The predicted octanol–water partition coefficient (Wildman–Crippen LogP) is 4.25. The molecule has 2 aromatic rings. The third-order valence-electron chi connectivity index (χ3n) is 2.89. The van der Waals surface area contributed by atoms with Crippen molar-refractivity contribution >= 4 is 23.1 Å². The van der Waals surface area contributed by atoms with Crippen molar-refractivity contribution in [2.45, 2.75) is 6.92 Å². The molecule has 0 unspecified atom stereocenters. The van der Waals surface area contributed by atoms with Gasteiger partial charge in [0.05, 0.1) is 0 Å². The van der Waals surface area contributed by atoms with Gasteiger partial charge in [-0.1, -0.05) is 54.1 Å². The SMILES string of the molecule is CC(C(=O)O)=C(c1ccccc1)c1ccc(Cl)cc1. The number of carboxylic acids is 1. The van der Waals surface area contributed by atoms with Crippen LogP contribution in [0.3, 0.4) is 0 Å². The van der Waals surface area contributed by atoms with Gasteiger partial charge in [-0.25, -0.2) is 4.79 Å². The van der Waals surface area contributed by atoms with Crippen molar-refractivity contribution in [1.29, 1.82) is 0 Å². The number of benzene rings is 2. The normalized spacial score (nSPS) is 11.9. The van der Waals surface area contributed by atoms with Crippen molar-refractivity contribution in [3.8, 4) is 0 Å². The zero-order valence-corrected chi connectivity index (χ0v) is 11.2. The number of halogens is 1. The van der Waals surface area contributed by atoms with Gasteiger partial charge < -0.3 is 5.11 Å².